The van der Waals surface area contributed by atoms with Crippen LogP contribution >= 0.6 is 0 Å². The van der Waals surface area contributed by atoms with Crippen LogP contribution in [0.15, 0.2) is 340 Å². The molecular formula is C76H56N2Si2. The minimum atomic E-state index is -3.46. The van der Waals surface area contributed by atoms with Crippen LogP contribution in [0, 0.1) is 0 Å². The van der Waals surface area contributed by atoms with Crippen molar-refractivity contribution >= 4 is 57.6 Å². The van der Waals surface area contributed by atoms with Crippen LogP contribution in [0.2, 0.25) is 0 Å². The molecule has 13 rings (SSSR count). The van der Waals surface area contributed by atoms with Crippen molar-refractivity contribution in [2.75, 3.05) is 0 Å². The fourth-order valence-electron chi connectivity index (χ4n) is 12.0. The first-order valence-corrected chi connectivity index (χ1v) is 31.5. The van der Waals surface area contributed by atoms with Crippen molar-refractivity contribution in [2.45, 2.75) is 0 Å². The second-order valence-electron chi connectivity index (χ2n) is 20.4. The van der Waals surface area contributed by atoms with Crippen molar-refractivity contribution < 1.29 is 0 Å². The largest absolute Gasteiger partial charge is 0.228 e. The van der Waals surface area contributed by atoms with Crippen molar-refractivity contribution in [3.05, 3.63) is 340 Å². The lowest BCUT2D eigenvalue weighted by molar-refractivity contribution is 1.18. The van der Waals surface area contributed by atoms with E-state index in [1.54, 1.807) is 0 Å². The summed E-state index contributed by atoms with van der Waals surface area (Å²) in [5.41, 5.74) is 11.8. The van der Waals surface area contributed by atoms with Crippen LogP contribution in [-0.2, 0) is 0 Å². The lowest BCUT2D eigenvalue weighted by Gasteiger charge is -2.39. The molecule has 0 spiro atoms. The minimum absolute atomic E-state index is 0.669. The lowest BCUT2D eigenvalue weighted by Crippen LogP contribution is -2.78. The summed E-state index contributed by atoms with van der Waals surface area (Å²) in [4.78, 5) is 11.3. The number of hydrogen-bond donors (Lipinski definition) is 0. The average molecular weight is 1050 g/mol. The molecule has 0 atom stereocenters. The van der Waals surface area contributed by atoms with Gasteiger partial charge < -0.3 is 0 Å². The van der Waals surface area contributed by atoms with Crippen LogP contribution in [0.3, 0.4) is 0 Å². The maximum Gasteiger partial charge on any atom is 0.179 e. The second kappa shape index (κ2) is 22.2. The predicted octanol–water partition coefficient (Wildman–Crippen LogP) is 13.2. The molecule has 0 N–H and O–H groups in total. The minimum Gasteiger partial charge on any atom is -0.228 e. The van der Waals surface area contributed by atoms with Crippen LogP contribution in [0.1, 0.15) is 0 Å². The van der Waals surface area contributed by atoms with Gasteiger partial charge in [-0.15, -0.1) is 0 Å². The van der Waals surface area contributed by atoms with E-state index >= 15 is 0 Å². The number of hydrogen-bond acceptors (Lipinski definition) is 2. The maximum atomic E-state index is 5.66. The summed E-state index contributed by atoms with van der Waals surface area (Å²) >= 11 is 0. The molecule has 4 heteroatoms. The van der Waals surface area contributed by atoms with Gasteiger partial charge in [-0.2, -0.15) is 0 Å². The third-order valence-corrected chi connectivity index (χ3v) is 25.2. The van der Waals surface area contributed by atoms with Crippen molar-refractivity contribution in [1.29, 1.82) is 0 Å². The zero-order valence-electron chi connectivity index (χ0n) is 44.2. The summed E-state index contributed by atoms with van der Waals surface area (Å²) in [6.07, 6.45) is 0. The van der Waals surface area contributed by atoms with Gasteiger partial charge in [-0.1, -0.05) is 334 Å². The Bertz CT molecular complexity index is 4020. The van der Waals surface area contributed by atoms with Gasteiger partial charge in [-0.25, -0.2) is 9.97 Å². The van der Waals surface area contributed by atoms with Crippen LogP contribution in [0.4, 0.5) is 0 Å². The van der Waals surface area contributed by atoms with Gasteiger partial charge in [0, 0.05) is 16.7 Å². The molecule has 0 amide bonds. The van der Waals surface area contributed by atoms with Gasteiger partial charge in [0.2, 0.25) is 0 Å². The molecule has 2 nitrogen and oxygen atoms in total. The van der Waals surface area contributed by atoms with E-state index < -0.39 is 16.1 Å². The Hall–Kier alpha value is -9.85. The quantitative estimate of drug-likeness (QED) is 0.0801. The van der Waals surface area contributed by atoms with E-state index in [9.17, 15) is 0 Å². The molecule has 1 aromatic heterocycles. The molecule has 0 saturated heterocycles. The van der Waals surface area contributed by atoms with E-state index in [1.807, 2.05) is 0 Å². The molecule has 0 radical (unpaired) electrons. The van der Waals surface area contributed by atoms with Gasteiger partial charge in [-0.05, 0) is 80.9 Å². The Morgan fingerprint density at radius 2 is 0.400 bits per heavy atom. The predicted molar refractivity (Wildman–Crippen MR) is 342 cm³/mol. The fourth-order valence-corrected chi connectivity index (χ4v) is 21.9. The molecule has 13 aromatic rings. The van der Waals surface area contributed by atoms with Gasteiger partial charge in [0.15, 0.2) is 22.0 Å². The molecule has 0 aliphatic rings. The van der Waals surface area contributed by atoms with E-state index in [-0.39, 0.29) is 0 Å². The van der Waals surface area contributed by atoms with Gasteiger partial charge in [0.05, 0.1) is 11.4 Å². The fraction of sp³-hybridized carbons (Fsp3) is 0. The van der Waals surface area contributed by atoms with Gasteiger partial charge in [-0.3, -0.25) is 0 Å². The van der Waals surface area contributed by atoms with Crippen molar-refractivity contribution in [1.82, 2.24) is 9.97 Å². The van der Waals surface area contributed by atoms with Gasteiger partial charge in [0.25, 0.3) is 0 Å². The Kier molecular flexibility index (Phi) is 13.8. The summed E-state index contributed by atoms with van der Waals surface area (Å²) in [5, 5.41) is 10.2. The highest BCUT2D eigenvalue weighted by atomic mass is 28.3. The molecule has 12 aromatic carbocycles. The Morgan fingerprint density at radius 3 is 0.713 bits per heavy atom. The van der Waals surface area contributed by atoms with Crippen LogP contribution in [0.5, 0.6) is 0 Å². The first-order chi connectivity index (χ1) is 39.6. The number of benzene rings is 12. The van der Waals surface area contributed by atoms with Crippen molar-refractivity contribution in [2.24, 2.45) is 0 Å². The van der Waals surface area contributed by atoms with Gasteiger partial charge >= 0.3 is 0 Å². The van der Waals surface area contributed by atoms with E-state index in [0.29, 0.717) is 5.82 Å². The highest BCUT2D eigenvalue weighted by molar-refractivity contribution is 7.22. The van der Waals surface area contributed by atoms with Crippen molar-refractivity contribution in [3.8, 4) is 67.3 Å². The molecular weight excluding hydrogens is 997 g/mol. The first kappa shape index (κ1) is 49.7. The summed E-state index contributed by atoms with van der Waals surface area (Å²) in [5.74, 6) is 0.669. The SMILES string of the molecule is c1ccc(-c2cccc([Si](c3ccccc3)(c3ccccc3)c3cc(-c4nc(-c5ccccc5)cc(-c5ccccc5)n4)cc([Si](c4ccccc4)(c4cccc(-c5ccccc5)c4)c4cccc(-c5ccccc5)c4)c3)c2)cc1. The van der Waals surface area contributed by atoms with Crippen LogP contribution in [0.25, 0.3) is 67.3 Å². The Balaban J connectivity index is 1.22. The summed E-state index contributed by atoms with van der Waals surface area (Å²) in [6, 6.07) is 126. The topological polar surface area (TPSA) is 25.8 Å². The molecule has 1 heterocycles. The zero-order valence-corrected chi connectivity index (χ0v) is 46.2. The summed E-state index contributed by atoms with van der Waals surface area (Å²) in [6.45, 7) is 0. The average Bonchev–Trinajstić information content (AvgIpc) is 3.44. The third-order valence-electron chi connectivity index (χ3n) is 15.8. The van der Waals surface area contributed by atoms with Crippen LogP contribution < -0.4 is 41.5 Å². The number of nitrogens with zero attached hydrogens (tertiary/aromatic N) is 2. The molecule has 0 unspecified atom stereocenters. The molecule has 0 aliphatic carbocycles. The number of rotatable bonds is 14. The third kappa shape index (κ3) is 9.47. The van der Waals surface area contributed by atoms with E-state index in [1.165, 1.54) is 74.9 Å². The van der Waals surface area contributed by atoms with Crippen molar-refractivity contribution in [3.63, 3.8) is 0 Å². The van der Waals surface area contributed by atoms with E-state index in [2.05, 4.69) is 340 Å². The highest BCUT2D eigenvalue weighted by Crippen LogP contribution is 2.30. The molecule has 80 heavy (non-hydrogen) atoms. The molecule has 0 fully saturated rings. The van der Waals surface area contributed by atoms with E-state index in [0.717, 1.165) is 28.1 Å². The second-order valence-corrected chi connectivity index (χ2v) is 28.1. The highest BCUT2D eigenvalue weighted by Gasteiger charge is 2.46. The van der Waals surface area contributed by atoms with Crippen LogP contribution in [-0.4, -0.2) is 26.1 Å². The summed E-state index contributed by atoms with van der Waals surface area (Å²) < 4.78 is 0. The first-order valence-electron chi connectivity index (χ1n) is 27.5. The number of aromatic nitrogens is 2. The lowest BCUT2D eigenvalue weighted by atomic mass is 10.1. The molecule has 0 bridgehead atoms. The molecule has 378 valence electrons. The smallest absolute Gasteiger partial charge is 0.179 e. The Labute approximate surface area is 471 Å². The summed E-state index contributed by atoms with van der Waals surface area (Å²) in [7, 11) is -6.81. The monoisotopic (exact) mass is 1050 g/mol. The normalized spacial score (nSPS) is 11.5. The van der Waals surface area contributed by atoms with Gasteiger partial charge in [0.1, 0.15) is 0 Å². The zero-order chi connectivity index (χ0) is 53.6. The Morgan fingerprint density at radius 1 is 0.163 bits per heavy atom. The standard InChI is InChI=1S/C76H56N2Si2/c1-9-28-57(29-10-1)62-38-25-47-69(50-62)79(66-41-19-6-20-42-66,67-43-21-7-22-44-67)72-53-65(76-77-74(60-34-15-4-16-35-60)56-75(78-76)61-36-17-5-18-37-61)54-73(55-72)80(68-45-23-8-24-46-68,70-48-26-39-63(51-70)58-30-11-2-12-31-58)71-49-27-40-64(52-71)59-32-13-3-14-33-59/h1-56H. The molecule has 0 saturated carbocycles. The molecule has 0 aliphatic heterocycles. The maximum absolute atomic E-state index is 5.66. The van der Waals surface area contributed by atoms with E-state index in [4.69, 9.17) is 9.97 Å².